The molecule has 124 valence electrons. The minimum atomic E-state index is -0.291. The van der Waals surface area contributed by atoms with Crippen molar-refractivity contribution in [3.8, 4) is 11.5 Å². The maximum atomic E-state index is 10.7. The molecule has 0 radical (unpaired) electrons. The van der Waals surface area contributed by atoms with Gasteiger partial charge in [0.15, 0.2) is 0 Å². The van der Waals surface area contributed by atoms with E-state index in [1.807, 2.05) is 32.1 Å². The number of aromatic nitrogens is 2. The lowest BCUT2D eigenvalue weighted by Gasteiger charge is -2.23. The highest BCUT2D eigenvalue weighted by Gasteiger charge is 2.23. The summed E-state index contributed by atoms with van der Waals surface area (Å²) in [6, 6.07) is 6.94. The van der Waals surface area contributed by atoms with E-state index in [1.54, 1.807) is 24.3 Å². The van der Waals surface area contributed by atoms with Crippen LogP contribution in [-0.4, -0.2) is 34.0 Å². The fourth-order valence-corrected chi connectivity index (χ4v) is 2.65. The summed E-state index contributed by atoms with van der Waals surface area (Å²) in [6.07, 6.45) is 6.37. The van der Waals surface area contributed by atoms with Crippen LogP contribution in [0.15, 0.2) is 47.0 Å². The maximum Gasteiger partial charge on any atom is 0.258 e. The molecule has 0 fully saturated rings. The zero-order valence-corrected chi connectivity index (χ0v) is 14.1. The number of hydrogen-bond acceptors (Lipinski definition) is 5. The van der Waals surface area contributed by atoms with Gasteiger partial charge in [0.1, 0.15) is 6.29 Å². The van der Waals surface area contributed by atoms with E-state index in [2.05, 4.69) is 10.1 Å². The fourth-order valence-electron chi connectivity index (χ4n) is 2.37. The highest BCUT2D eigenvalue weighted by atomic mass is 35.5. The summed E-state index contributed by atoms with van der Waals surface area (Å²) in [5.41, 5.74) is 2.14. The van der Waals surface area contributed by atoms with Crippen molar-refractivity contribution in [2.45, 2.75) is 31.4 Å². The second-order valence-corrected chi connectivity index (χ2v) is 6.24. The molecule has 24 heavy (non-hydrogen) atoms. The van der Waals surface area contributed by atoms with E-state index in [9.17, 15) is 4.79 Å². The lowest BCUT2D eigenvalue weighted by Crippen LogP contribution is -2.26. The lowest BCUT2D eigenvalue weighted by molar-refractivity contribution is 0.0388. The summed E-state index contributed by atoms with van der Waals surface area (Å²) >= 11 is 6.36. The van der Waals surface area contributed by atoms with Crippen LogP contribution in [0.4, 0.5) is 0 Å². The summed E-state index contributed by atoms with van der Waals surface area (Å²) in [5.74, 6) is 0.859. The van der Waals surface area contributed by atoms with E-state index in [1.165, 1.54) is 0 Å². The first-order valence-corrected chi connectivity index (χ1v) is 8.09. The molecular formula is C18H17ClN2O3. The second-order valence-electron chi connectivity index (χ2n) is 5.74. The van der Waals surface area contributed by atoms with Gasteiger partial charge in [-0.25, -0.2) is 0 Å². The number of allylic oxidation sites excluding steroid dienone is 2. The minimum Gasteiger partial charge on any atom is -0.370 e. The van der Waals surface area contributed by atoms with Crippen LogP contribution in [0, 0.1) is 0 Å². The van der Waals surface area contributed by atoms with Crippen molar-refractivity contribution in [3.05, 3.63) is 53.9 Å². The summed E-state index contributed by atoms with van der Waals surface area (Å²) in [7, 11) is 0. The van der Waals surface area contributed by atoms with E-state index >= 15 is 0 Å². The molecule has 6 heteroatoms. The van der Waals surface area contributed by atoms with Gasteiger partial charge in [-0.3, -0.25) is 4.79 Å². The number of benzene rings is 1. The molecule has 0 N–H and O–H groups in total. The Kier molecular flexibility index (Phi) is 4.92. The van der Waals surface area contributed by atoms with Crippen molar-refractivity contribution in [2.24, 2.45) is 0 Å². The van der Waals surface area contributed by atoms with Crippen LogP contribution in [0.1, 0.15) is 30.0 Å². The van der Waals surface area contributed by atoms with E-state index in [4.69, 9.17) is 20.9 Å². The predicted octanol–water partition coefficient (Wildman–Crippen LogP) is 3.90. The van der Waals surface area contributed by atoms with Gasteiger partial charge in [0.25, 0.3) is 5.89 Å². The van der Waals surface area contributed by atoms with Gasteiger partial charge in [-0.2, -0.15) is 4.98 Å². The SMILES string of the molecule is CC(C)OC1C=CC(c2noc(-c3ccc(C=O)cc3)n2)=CC1Cl. The Morgan fingerprint density at radius 2 is 2.04 bits per heavy atom. The molecule has 2 atom stereocenters. The molecule has 2 unspecified atom stereocenters. The second kappa shape index (κ2) is 7.11. The van der Waals surface area contributed by atoms with Crippen LogP contribution in [0.3, 0.4) is 0 Å². The average molecular weight is 345 g/mol. The van der Waals surface area contributed by atoms with Gasteiger partial charge in [-0.05, 0) is 26.0 Å². The number of alkyl halides is 1. The Labute approximate surface area is 145 Å². The summed E-state index contributed by atoms with van der Waals surface area (Å²) in [5, 5.41) is 3.71. The standard InChI is InChI=1S/C18H17ClN2O3/c1-11(2)23-16-8-7-14(9-15(16)19)17-20-18(24-21-17)13-5-3-12(10-22)4-6-13/h3-11,15-16H,1-2H3. The fraction of sp³-hybridized carbons (Fsp3) is 0.278. The zero-order chi connectivity index (χ0) is 17.1. The summed E-state index contributed by atoms with van der Waals surface area (Å²) < 4.78 is 11.0. The maximum absolute atomic E-state index is 10.7. The largest absolute Gasteiger partial charge is 0.370 e. The van der Waals surface area contributed by atoms with Crippen molar-refractivity contribution < 1.29 is 14.1 Å². The molecule has 3 rings (SSSR count). The third kappa shape index (κ3) is 3.63. The number of carbonyl (C=O) groups is 1. The first-order valence-electron chi connectivity index (χ1n) is 7.66. The smallest absolute Gasteiger partial charge is 0.258 e. The molecule has 0 aliphatic heterocycles. The quantitative estimate of drug-likeness (QED) is 0.608. The molecule has 1 aliphatic rings. The predicted molar refractivity (Wildman–Crippen MR) is 91.9 cm³/mol. The molecule has 1 aliphatic carbocycles. The third-order valence-corrected chi connectivity index (χ3v) is 3.90. The Morgan fingerprint density at radius 3 is 2.67 bits per heavy atom. The van der Waals surface area contributed by atoms with E-state index in [0.29, 0.717) is 17.3 Å². The van der Waals surface area contributed by atoms with Crippen LogP contribution in [0.25, 0.3) is 17.0 Å². The highest BCUT2D eigenvalue weighted by molar-refractivity contribution is 6.23. The number of aldehydes is 1. The molecule has 2 aromatic rings. The summed E-state index contributed by atoms with van der Waals surface area (Å²) in [6.45, 7) is 3.94. The molecule has 0 spiro atoms. The normalized spacial score (nSPS) is 20.2. The molecule has 1 aromatic carbocycles. The first kappa shape index (κ1) is 16.6. The molecular weight excluding hydrogens is 328 g/mol. The third-order valence-electron chi connectivity index (χ3n) is 3.53. The number of carbonyl (C=O) groups excluding carboxylic acids is 1. The van der Waals surface area contributed by atoms with Crippen molar-refractivity contribution >= 4 is 23.5 Å². The van der Waals surface area contributed by atoms with Crippen LogP contribution in [-0.2, 0) is 4.74 Å². The molecule has 0 saturated heterocycles. The molecule has 0 saturated carbocycles. The van der Waals surface area contributed by atoms with Crippen LogP contribution < -0.4 is 0 Å². The van der Waals surface area contributed by atoms with Crippen molar-refractivity contribution in [1.29, 1.82) is 0 Å². The molecule has 5 nitrogen and oxygen atoms in total. The molecule has 0 bridgehead atoms. The van der Waals surface area contributed by atoms with Crippen molar-refractivity contribution in [1.82, 2.24) is 10.1 Å². The minimum absolute atomic E-state index is 0.0990. The van der Waals surface area contributed by atoms with Crippen molar-refractivity contribution in [2.75, 3.05) is 0 Å². The van der Waals surface area contributed by atoms with E-state index in [-0.39, 0.29) is 17.6 Å². The van der Waals surface area contributed by atoms with Crippen LogP contribution in [0.5, 0.6) is 0 Å². The molecule has 1 aromatic heterocycles. The lowest BCUT2D eigenvalue weighted by atomic mass is 10.0. The monoisotopic (exact) mass is 344 g/mol. The Balaban J connectivity index is 1.78. The van der Waals surface area contributed by atoms with Gasteiger partial charge >= 0.3 is 0 Å². The van der Waals surface area contributed by atoms with Gasteiger partial charge in [0.05, 0.1) is 17.6 Å². The van der Waals surface area contributed by atoms with Crippen LogP contribution in [0.2, 0.25) is 0 Å². The zero-order valence-electron chi connectivity index (χ0n) is 13.3. The average Bonchev–Trinajstić information content (AvgIpc) is 3.06. The van der Waals surface area contributed by atoms with E-state index in [0.717, 1.165) is 17.4 Å². The van der Waals surface area contributed by atoms with Gasteiger partial charge in [0, 0.05) is 16.7 Å². The number of ether oxygens (including phenoxy) is 1. The number of nitrogens with zero attached hydrogens (tertiary/aromatic N) is 2. The number of halogens is 1. The topological polar surface area (TPSA) is 65.2 Å². The van der Waals surface area contributed by atoms with Crippen molar-refractivity contribution in [3.63, 3.8) is 0 Å². The Bertz CT molecular complexity index is 778. The molecule has 1 heterocycles. The Hall–Kier alpha value is -2.24. The van der Waals surface area contributed by atoms with Gasteiger partial charge in [-0.1, -0.05) is 35.5 Å². The Morgan fingerprint density at radius 1 is 1.29 bits per heavy atom. The van der Waals surface area contributed by atoms with Crippen LogP contribution >= 0.6 is 11.6 Å². The van der Waals surface area contributed by atoms with Gasteiger partial charge in [0.2, 0.25) is 5.82 Å². The van der Waals surface area contributed by atoms with Gasteiger partial charge in [-0.15, -0.1) is 11.6 Å². The highest BCUT2D eigenvalue weighted by Crippen LogP contribution is 2.26. The number of rotatable bonds is 5. The summed E-state index contributed by atoms with van der Waals surface area (Å²) in [4.78, 5) is 15.1. The van der Waals surface area contributed by atoms with Gasteiger partial charge < -0.3 is 9.26 Å². The van der Waals surface area contributed by atoms with E-state index < -0.39 is 0 Å². The number of hydrogen-bond donors (Lipinski definition) is 0. The first-order chi connectivity index (χ1) is 11.6. The molecule has 0 amide bonds.